The highest BCUT2D eigenvalue weighted by Gasteiger charge is 2.27. The van der Waals surface area contributed by atoms with Crippen molar-refractivity contribution in [1.82, 2.24) is 9.80 Å². The number of hydrogen-bond acceptors (Lipinski definition) is 2. The van der Waals surface area contributed by atoms with Crippen molar-refractivity contribution in [3.8, 4) is 0 Å². The van der Waals surface area contributed by atoms with Crippen LogP contribution in [-0.2, 0) is 0 Å². The van der Waals surface area contributed by atoms with E-state index in [9.17, 15) is 4.79 Å². The smallest absolute Gasteiger partial charge is 0.407 e. The molecule has 6 heteroatoms. The van der Waals surface area contributed by atoms with E-state index < -0.39 is 6.09 Å². The first-order chi connectivity index (χ1) is 6.77. The van der Waals surface area contributed by atoms with Crippen LogP contribution >= 0.6 is 24.8 Å². The highest BCUT2D eigenvalue weighted by Crippen LogP contribution is 2.20. The molecule has 0 aliphatic carbocycles. The Labute approximate surface area is 109 Å². The molecule has 0 aromatic carbocycles. The molecule has 2 rings (SSSR count). The van der Waals surface area contributed by atoms with E-state index in [2.05, 4.69) is 4.90 Å². The zero-order chi connectivity index (χ0) is 9.97. The van der Waals surface area contributed by atoms with E-state index in [0.717, 1.165) is 25.9 Å². The monoisotopic (exact) mass is 270 g/mol. The van der Waals surface area contributed by atoms with Gasteiger partial charge < -0.3 is 14.9 Å². The number of hydrogen-bond donors (Lipinski definition) is 1. The van der Waals surface area contributed by atoms with Gasteiger partial charge in [0.05, 0.1) is 0 Å². The summed E-state index contributed by atoms with van der Waals surface area (Å²) < 4.78 is 0. The van der Waals surface area contributed by atoms with Crippen LogP contribution in [0, 0.1) is 0 Å². The van der Waals surface area contributed by atoms with Crippen molar-refractivity contribution in [2.75, 3.05) is 26.2 Å². The molecule has 2 fully saturated rings. The molecule has 0 bridgehead atoms. The molecule has 16 heavy (non-hydrogen) atoms. The number of likely N-dealkylation sites (tertiary alicyclic amines) is 2. The summed E-state index contributed by atoms with van der Waals surface area (Å²) in [6.45, 7) is 3.88. The van der Waals surface area contributed by atoms with Gasteiger partial charge in [0.15, 0.2) is 0 Å². The van der Waals surface area contributed by atoms with Crippen LogP contribution in [0.5, 0.6) is 0 Å². The van der Waals surface area contributed by atoms with Gasteiger partial charge in [-0.2, -0.15) is 0 Å². The maximum atomic E-state index is 10.7. The van der Waals surface area contributed by atoms with Crippen molar-refractivity contribution in [2.24, 2.45) is 0 Å². The molecule has 0 atom stereocenters. The van der Waals surface area contributed by atoms with Crippen LogP contribution in [0.3, 0.4) is 0 Å². The van der Waals surface area contributed by atoms with E-state index in [0.29, 0.717) is 6.04 Å². The van der Waals surface area contributed by atoms with Gasteiger partial charge in [-0.1, -0.05) is 0 Å². The van der Waals surface area contributed by atoms with E-state index in [1.54, 1.807) is 0 Å². The molecule has 0 radical (unpaired) electrons. The van der Waals surface area contributed by atoms with E-state index in [1.165, 1.54) is 30.8 Å². The lowest BCUT2D eigenvalue weighted by atomic mass is 10.0. The first-order valence-corrected chi connectivity index (χ1v) is 5.49. The Morgan fingerprint density at radius 3 is 1.94 bits per heavy atom. The number of nitrogens with zero attached hydrogens (tertiary/aromatic N) is 2. The minimum Gasteiger partial charge on any atom is -0.465 e. The average Bonchev–Trinajstić information content (AvgIpc) is 2.71. The molecule has 0 aromatic heterocycles. The van der Waals surface area contributed by atoms with E-state index in [4.69, 9.17) is 5.11 Å². The van der Waals surface area contributed by atoms with Crippen LogP contribution in [0.25, 0.3) is 0 Å². The second-order valence-electron chi connectivity index (χ2n) is 4.24. The Morgan fingerprint density at radius 1 is 1.00 bits per heavy atom. The SMILES string of the molecule is Cl.Cl.O=C(O)N1CCC(N2CCCC2)CC1. The van der Waals surface area contributed by atoms with Crippen molar-refractivity contribution in [3.05, 3.63) is 0 Å². The van der Waals surface area contributed by atoms with Gasteiger partial charge in [0, 0.05) is 19.1 Å². The van der Waals surface area contributed by atoms with Gasteiger partial charge in [-0.15, -0.1) is 24.8 Å². The molecule has 4 nitrogen and oxygen atoms in total. The number of halogens is 2. The summed E-state index contributed by atoms with van der Waals surface area (Å²) in [5.74, 6) is 0. The Hall–Kier alpha value is -0.190. The molecule has 96 valence electrons. The highest BCUT2D eigenvalue weighted by molar-refractivity contribution is 5.85. The van der Waals surface area contributed by atoms with E-state index in [-0.39, 0.29) is 24.8 Å². The van der Waals surface area contributed by atoms with Crippen molar-refractivity contribution in [2.45, 2.75) is 31.7 Å². The maximum Gasteiger partial charge on any atom is 0.407 e. The number of rotatable bonds is 1. The summed E-state index contributed by atoms with van der Waals surface area (Å²) in [5.41, 5.74) is 0. The van der Waals surface area contributed by atoms with Crippen LogP contribution < -0.4 is 0 Å². The minimum absolute atomic E-state index is 0. The zero-order valence-electron chi connectivity index (χ0n) is 9.30. The van der Waals surface area contributed by atoms with E-state index in [1.807, 2.05) is 0 Å². The third kappa shape index (κ3) is 3.68. The quantitative estimate of drug-likeness (QED) is 0.794. The molecule has 2 aliphatic rings. The predicted molar refractivity (Wildman–Crippen MR) is 67.9 cm³/mol. The topological polar surface area (TPSA) is 43.8 Å². The minimum atomic E-state index is -0.759. The Morgan fingerprint density at radius 2 is 1.50 bits per heavy atom. The first-order valence-electron chi connectivity index (χ1n) is 5.49. The lowest BCUT2D eigenvalue weighted by molar-refractivity contribution is 0.105. The van der Waals surface area contributed by atoms with Gasteiger partial charge in [0.2, 0.25) is 0 Å². The van der Waals surface area contributed by atoms with Gasteiger partial charge in [-0.3, -0.25) is 0 Å². The molecule has 2 heterocycles. The van der Waals surface area contributed by atoms with Gasteiger partial charge in [0.25, 0.3) is 0 Å². The third-order valence-corrected chi connectivity index (χ3v) is 3.39. The van der Waals surface area contributed by atoms with E-state index >= 15 is 0 Å². The number of amides is 1. The summed E-state index contributed by atoms with van der Waals surface area (Å²) in [6.07, 6.45) is 3.92. The molecule has 0 saturated carbocycles. The summed E-state index contributed by atoms with van der Waals surface area (Å²) >= 11 is 0. The highest BCUT2D eigenvalue weighted by atomic mass is 35.5. The molecule has 2 aliphatic heterocycles. The second kappa shape index (κ2) is 7.20. The zero-order valence-corrected chi connectivity index (χ0v) is 10.9. The largest absolute Gasteiger partial charge is 0.465 e. The molecule has 1 N–H and O–H groups in total. The van der Waals surface area contributed by atoms with Crippen LogP contribution in [-0.4, -0.2) is 53.2 Å². The summed E-state index contributed by atoms with van der Waals surface area (Å²) in [7, 11) is 0. The fourth-order valence-electron chi connectivity index (χ4n) is 2.53. The molecule has 0 aromatic rings. The second-order valence-corrected chi connectivity index (χ2v) is 4.24. The fraction of sp³-hybridized carbons (Fsp3) is 0.900. The number of carboxylic acid groups (broad SMARTS) is 1. The van der Waals surface area contributed by atoms with Crippen LogP contribution in [0.2, 0.25) is 0 Å². The Kier molecular flexibility index (Phi) is 7.11. The number of carbonyl (C=O) groups is 1. The third-order valence-electron chi connectivity index (χ3n) is 3.39. The summed E-state index contributed by atoms with van der Waals surface area (Å²) in [4.78, 5) is 14.8. The van der Waals surface area contributed by atoms with Crippen molar-refractivity contribution in [3.63, 3.8) is 0 Å². The van der Waals surface area contributed by atoms with Gasteiger partial charge in [-0.05, 0) is 38.8 Å². The summed E-state index contributed by atoms with van der Waals surface area (Å²) in [6, 6.07) is 0.646. The van der Waals surface area contributed by atoms with Crippen LogP contribution in [0.4, 0.5) is 4.79 Å². The van der Waals surface area contributed by atoms with Crippen LogP contribution in [0.15, 0.2) is 0 Å². The fourth-order valence-corrected chi connectivity index (χ4v) is 2.53. The lowest BCUT2D eigenvalue weighted by Gasteiger charge is -2.35. The van der Waals surface area contributed by atoms with Crippen molar-refractivity contribution >= 4 is 30.9 Å². The molecule has 0 spiro atoms. The van der Waals surface area contributed by atoms with Gasteiger partial charge >= 0.3 is 6.09 Å². The van der Waals surface area contributed by atoms with Gasteiger partial charge in [-0.25, -0.2) is 4.79 Å². The Bertz CT molecular complexity index is 215. The predicted octanol–water partition coefficient (Wildman–Crippen LogP) is 2.07. The standard InChI is InChI=1S/C10H18N2O2.2ClH/c13-10(14)12-7-3-9(4-8-12)11-5-1-2-6-11;;/h9H,1-8H2,(H,13,14);2*1H. The maximum absolute atomic E-state index is 10.7. The van der Waals surface area contributed by atoms with Gasteiger partial charge in [0.1, 0.15) is 0 Å². The molecule has 0 unspecified atom stereocenters. The normalized spacial score (nSPS) is 22.4. The van der Waals surface area contributed by atoms with Crippen molar-refractivity contribution in [1.29, 1.82) is 0 Å². The first kappa shape index (κ1) is 15.8. The average molecular weight is 271 g/mol. The van der Waals surface area contributed by atoms with Crippen molar-refractivity contribution < 1.29 is 9.90 Å². The molecule has 2 saturated heterocycles. The number of piperidine rings is 1. The summed E-state index contributed by atoms with van der Waals surface area (Å²) in [5, 5.41) is 8.80. The van der Waals surface area contributed by atoms with Crippen LogP contribution in [0.1, 0.15) is 25.7 Å². The molecule has 1 amide bonds. The molecular weight excluding hydrogens is 251 g/mol. The Balaban J connectivity index is 0.00000112. The lowest BCUT2D eigenvalue weighted by Crippen LogP contribution is -2.45. The molecular formula is C10H20Cl2N2O2.